The molecule has 2 heterocycles. The maximum absolute atomic E-state index is 13.0. The Balaban J connectivity index is 1.38. The molecule has 1 aliphatic rings. The van der Waals surface area contributed by atoms with Crippen LogP contribution in [-0.4, -0.2) is 33.4 Å². The minimum Gasteiger partial charge on any atom is -0.338 e. The Labute approximate surface area is 184 Å². The molecule has 1 amide bonds. The van der Waals surface area contributed by atoms with Crippen molar-refractivity contribution in [2.24, 2.45) is 0 Å². The standard InChI is InChI=1S/C22H21Cl2N3OS/c23-18-4-5-20(24)21(13-18)29-14-16-2-1-3-17(12-16)22(28)26-9-6-19(7-10-26)27-11-8-25-15-27/h1-5,8,11-13,15,19H,6-7,9-10,14H2. The second kappa shape index (κ2) is 9.24. The van der Waals surface area contributed by atoms with Crippen LogP contribution in [0, 0.1) is 0 Å². The van der Waals surface area contributed by atoms with E-state index in [0.29, 0.717) is 16.1 Å². The molecule has 29 heavy (non-hydrogen) atoms. The third-order valence-corrected chi connectivity index (χ3v) is 6.96. The zero-order chi connectivity index (χ0) is 20.2. The van der Waals surface area contributed by atoms with Crippen LogP contribution in [0.1, 0.15) is 34.8 Å². The van der Waals surface area contributed by atoms with Crippen LogP contribution in [0.2, 0.25) is 10.0 Å². The number of imidazole rings is 1. The van der Waals surface area contributed by atoms with Crippen molar-refractivity contribution in [3.8, 4) is 0 Å². The van der Waals surface area contributed by atoms with Gasteiger partial charge in [0.1, 0.15) is 0 Å². The van der Waals surface area contributed by atoms with Gasteiger partial charge in [-0.25, -0.2) is 4.98 Å². The second-order valence-corrected chi connectivity index (χ2v) is 8.96. The largest absolute Gasteiger partial charge is 0.338 e. The van der Waals surface area contributed by atoms with Crippen LogP contribution in [-0.2, 0) is 5.75 Å². The number of halogens is 2. The fourth-order valence-electron chi connectivity index (χ4n) is 3.58. The molecule has 1 aliphatic heterocycles. The van der Waals surface area contributed by atoms with Crippen molar-refractivity contribution >= 4 is 40.9 Å². The number of likely N-dealkylation sites (tertiary alicyclic amines) is 1. The molecule has 0 N–H and O–H groups in total. The summed E-state index contributed by atoms with van der Waals surface area (Å²) in [4.78, 5) is 20.0. The van der Waals surface area contributed by atoms with E-state index in [1.54, 1.807) is 30.1 Å². The molecule has 2 aromatic carbocycles. The molecule has 1 saturated heterocycles. The molecular weight excluding hydrogens is 425 g/mol. The van der Waals surface area contributed by atoms with E-state index in [0.717, 1.165) is 47.7 Å². The molecule has 0 aliphatic carbocycles. The van der Waals surface area contributed by atoms with E-state index in [9.17, 15) is 4.79 Å². The predicted molar refractivity (Wildman–Crippen MR) is 119 cm³/mol. The molecule has 3 aromatic rings. The highest BCUT2D eigenvalue weighted by Gasteiger charge is 2.24. The van der Waals surface area contributed by atoms with Gasteiger partial charge in [-0.2, -0.15) is 0 Å². The first-order valence-electron chi connectivity index (χ1n) is 9.53. The average Bonchev–Trinajstić information content (AvgIpc) is 3.29. The predicted octanol–water partition coefficient (Wildman–Crippen LogP) is 5.96. The maximum atomic E-state index is 13.0. The molecule has 0 spiro atoms. The molecule has 4 nitrogen and oxygen atoms in total. The number of piperidine rings is 1. The van der Waals surface area contributed by atoms with Gasteiger partial charge in [0.2, 0.25) is 0 Å². The van der Waals surface area contributed by atoms with E-state index in [1.165, 1.54) is 0 Å². The lowest BCUT2D eigenvalue weighted by Crippen LogP contribution is -2.38. The number of aromatic nitrogens is 2. The van der Waals surface area contributed by atoms with Crippen molar-refractivity contribution in [3.63, 3.8) is 0 Å². The lowest BCUT2D eigenvalue weighted by atomic mass is 10.0. The van der Waals surface area contributed by atoms with Crippen LogP contribution in [0.15, 0.2) is 66.1 Å². The summed E-state index contributed by atoms with van der Waals surface area (Å²) in [5.41, 5.74) is 1.83. The molecule has 0 bridgehead atoms. The van der Waals surface area contributed by atoms with E-state index in [2.05, 4.69) is 9.55 Å². The van der Waals surface area contributed by atoms with Crippen LogP contribution in [0.25, 0.3) is 0 Å². The van der Waals surface area contributed by atoms with Gasteiger partial charge in [0, 0.05) is 52.8 Å². The van der Waals surface area contributed by atoms with Gasteiger partial charge >= 0.3 is 0 Å². The Hall–Kier alpha value is -1.95. The van der Waals surface area contributed by atoms with Crippen molar-refractivity contribution in [3.05, 3.63) is 82.4 Å². The number of carbonyl (C=O) groups excluding carboxylic acids is 1. The third-order valence-electron chi connectivity index (χ3n) is 5.16. The van der Waals surface area contributed by atoms with Crippen molar-refractivity contribution in [1.82, 2.24) is 14.5 Å². The monoisotopic (exact) mass is 445 g/mol. The normalized spacial score (nSPS) is 14.9. The van der Waals surface area contributed by atoms with Crippen molar-refractivity contribution in [2.45, 2.75) is 29.5 Å². The van der Waals surface area contributed by atoms with Gasteiger partial charge in [-0.3, -0.25) is 4.79 Å². The summed E-state index contributed by atoms with van der Waals surface area (Å²) in [7, 11) is 0. The number of benzene rings is 2. The fourth-order valence-corrected chi connectivity index (χ4v) is 5.01. The summed E-state index contributed by atoms with van der Waals surface area (Å²) >= 11 is 13.9. The van der Waals surface area contributed by atoms with Crippen LogP contribution in [0.3, 0.4) is 0 Å². The number of rotatable bonds is 5. The zero-order valence-corrected chi connectivity index (χ0v) is 18.1. The van der Waals surface area contributed by atoms with Gasteiger partial charge in [0.05, 0.1) is 11.3 Å². The molecule has 0 atom stereocenters. The number of nitrogens with zero attached hydrogens (tertiary/aromatic N) is 3. The lowest BCUT2D eigenvalue weighted by Gasteiger charge is -2.32. The van der Waals surface area contributed by atoms with E-state index in [-0.39, 0.29) is 5.91 Å². The van der Waals surface area contributed by atoms with Crippen LogP contribution in [0.4, 0.5) is 0 Å². The Morgan fingerprint density at radius 1 is 1.14 bits per heavy atom. The Bertz CT molecular complexity index is 985. The highest BCUT2D eigenvalue weighted by atomic mass is 35.5. The molecule has 1 aromatic heterocycles. The number of thioether (sulfide) groups is 1. The zero-order valence-electron chi connectivity index (χ0n) is 15.8. The fraction of sp³-hybridized carbons (Fsp3) is 0.273. The van der Waals surface area contributed by atoms with E-state index >= 15 is 0 Å². The van der Waals surface area contributed by atoms with E-state index in [4.69, 9.17) is 23.2 Å². The molecule has 4 rings (SSSR count). The van der Waals surface area contributed by atoms with Gasteiger partial charge in [-0.15, -0.1) is 11.8 Å². The van der Waals surface area contributed by atoms with Crippen LogP contribution >= 0.6 is 35.0 Å². The smallest absolute Gasteiger partial charge is 0.253 e. The van der Waals surface area contributed by atoms with E-state index < -0.39 is 0 Å². The Morgan fingerprint density at radius 2 is 1.97 bits per heavy atom. The highest BCUT2D eigenvalue weighted by molar-refractivity contribution is 7.98. The first-order chi connectivity index (χ1) is 14.1. The van der Waals surface area contributed by atoms with Gasteiger partial charge in [0.25, 0.3) is 5.91 Å². The number of hydrogen-bond donors (Lipinski definition) is 0. The van der Waals surface area contributed by atoms with Crippen molar-refractivity contribution in [1.29, 1.82) is 0 Å². The Morgan fingerprint density at radius 3 is 2.72 bits per heavy atom. The summed E-state index contributed by atoms with van der Waals surface area (Å²) in [5, 5.41) is 1.35. The summed E-state index contributed by atoms with van der Waals surface area (Å²) in [5.74, 6) is 0.825. The van der Waals surface area contributed by atoms with Gasteiger partial charge in [-0.05, 0) is 48.7 Å². The second-order valence-electron chi connectivity index (χ2n) is 7.10. The SMILES string of the molecule is O=C(c1cccc(CSc2cc(Cl)ccc2Cl)c1)N1CCC(n2ccnc2)CC1. The third kappa shape index (κ3) is 4.97. The van der Waals surface area contributed by atoms with Crippen molar-refractivity contribution < 1.29 is 4.79 Å². The van der Waals surface area contributed by atoms with Crippen molar-refractivity contribution in [2.75, 3.05) is 13.1 Å². The van der Waals surface area contributed by atoms with Gasteiger partial charge in [0.15, 0.2) is 0 Å². The molecular formula is C22H21Cl2N3OS. The molecule has 150 valence electrons. The topological polar surface area (TPSA) is 38.1 Å². The first kappa shape index (κ1) is 20.3. The highest BCUT2D eigenvalue weighted by Crippen LogP contribution is 2.32. The van der Waals surface area contributed by atoms with E-state index in [1.807, 2.05) is 47.8 Å². The quantitative estimate of drug-likeness (QED) is 0.454. The molecule has 0 saturated carbocycles. The summed E-state index contributed by atoms with van der Waals surface area (Å²) in [6.45, 7) is 1.53. The minimum absolute atomic E-state index is 0.0988. The number of amides is 1. The van der Waals surface area contributed by atoms with Gasteiger partial charge < -0.3 is 9.47 Å². The maximum Gasteiger partial charge on any atom is 0.253 e. The summed E-state index contributed by atoms with van der Waals surface area (Å²) < 4.78 is 2.14. The first-order valence-corrected chi connectivity index (χ1v) is 11.3. The summed E-state index contributed by atoms with van der Waals surface area (Å²) in [6, 6.07) is 13.7. The number of carbonyl (C=O) groups is 1. The van der Waals surface area contributed by atoms with Gasteiger partial charge in [-0.1, -0.05) is 35.3 Å². The molecule has 0 unspecified atom stereocenters. The lowest BCUT2D eigenvalue weighted by molar-refractivity contribution is 0.0694. The van der Waals surface area contributed by atoms with Crippen LogP contribution < -0.4 is 0 Å². The molecule has 1 fully saturated rings. The summed E-state index contributed by atoms with van der Waals surface area (Å²) in [6.07, 6.45) is 7.55. The number of hydrogen-bond acceptors (Lipinski definition) is 3. The minimum atomic E-state index is 0.0988. The average molecular weight is 446 g/mol. The molecule has 7 heteroatoms. The Kier molecular flexibility index (Phi) is 6.48. The van der Waals surface area contributed by atoms with Crippen LogP contribution in [0.5, 0.6) is 0 Å². The molecule has 0 radical (unpaired) electrons.